The lowest BCUT2D eigenvalue weighted by atomic mass is 10.1. The molecule has 5 nitrogen and oxygen atoms in total. The predicted octanol–water partition coefficient (Wildman–Crippen LogP) is 1.79. The van der Waals surface area contributed by atoms with Crippen LogP contribution < -0.4 is 0 Å². The molecular weight excluding hydrogens is 274 g/mol. The van der Waals surface area contributed by atoms with Crippen LogP contribution in [-0.4, -0.2) is 45.4 Å². The van der Waals surface area contributed by atoms with Gasteiger partial charge in [-0.05, 0) is 31.7 Å². The van der Waals surface area contributed by atoms with Crippen molar-refractivity contribution in [2.75, 3.05) is 19.7 Å². The molecule has 1 aliphatic rings. The minimum Gasteiger partial charge on any atom is -0.396 e. The van der Waals surface area contributed by atoms with Crippen molar-refractivity contribution in [1.29, 1.82) is 0 Å². The van der Waals surface area contributed by atoms with E-state index >= 15 is 0 Å². The number of hydrogen-bond acceptors (Lipinski definition) is 4. The second-order valence-electron chi connectivity index (χ2n) is 5.46. The van der Waals surface area contributed by atoms with Gasteiger partial charge in [0.05, 0.1) is 10.6 Å². The average molecular weight is 293 g/mol. The van der Waals surface area contributed by atoms with Gasteiger partial charge in [-0.2, -0.15) is 5.10 Å². The molecule has 1 unspecified atom stereocenters. The third-order valence-corrected chi connectivity index (χ3v) is 5.21. The summed E-state index contributed by atoms with van der Waals surface area (Å²) >= 11 is 1.51. The highest BCUT2D eigenvalue weighted by molar-refractivity contribution is 7.20. The molecule has 0 aliphatic carbocycles. The molecule has 1 amide bonds. The fourth-order valence-electron chi connectivity index (χ4n) is 2.90. The summed E-state index contributed by atoms with van der Waals surface area (Å²) in [5, 5.41) is 14.4. The van der Waals surface area contributed by atoms with E-state index in [4.69, 9.17) is 5.11 Å². The van der Waals surface area contributed by atoms with Gasteiger partial charge in [0.25, 0.3) is 5.91 Å². The van der Waals surface area contributed by atoms with Crippen molar-refractivity contribution in [1.82, 2.24) is 14.7 Å². The maximum atomic E-state index is 12.5. The van der Waals surface area contributed by atoms with Gasteiger partial charge < -0.3 is 10.0 Å². The molecule has 0 bridgehead atoms. The molecule has 2 aromatic heterocycles. The van der Waals surface area contributed by atoms with Gasteiger partial charge in [0.2, 0.25) is 0 Å². The van der Waals surface area contributed by atoms with Gasteiger partial charge in [0, 0.05) is 32.1 Å². The zero-order valence-corrected chi connectivity index (χ0v) is 12.6. The first kappa shape index (κ1) is 13.6. The van der Waals surface area contributed by atoms with E-state index in [1.165, 1.54) is 11.3 Å². The molecule has 1 atom stereocenters. The Morgan fingerprint density at radius 2 is 2.40 bits per heavy atom. The van der Waals surface area contributed by atoms with Crippen LogP contribution in [0.3, 0.4) is 0 Å². The van der Waals surface area contributed by atoms with Crippen molar-refractivity contribution in [2.45, 2.75) is 19.8 Å². The van der Waals surface area contributed by atoms with Crippen molar-refractivity contribution in [3.05, 3.63) is 16.6 Å². The zero-order chi connectivity index (χ0) is 14.3. The lowest BCUT2D eigenvalue weighted by Crippen LogP contribution is -2.28. The van der Waals surface area contributed by atoms with E-state index in [1.807, 2.05) is 29.6 Å². The quantitative estimate of drug-likeness (QED) is 0.938. The van der Waals surface area contributed by atoms with E-state index in [9.17, 15) is 4.79 Å². The van der Waals surface area contributed by atoms with Gasteiger partial charge in [-0.1, -0.05) is 0 Å². The molecule has 6 heteroatoms. The Balaban J connectivity index is 1.81. The van der Waals surface area contributed by atoms with Crippen molar-refractivity contribution < 1.29 is 9.90 Å². The van der Waals surface area contributed by atoms with Crippen molar-refractivity contribution in [3.63, 3.8) is 0 Å². The highest BCUT2D eigenvalue weighted by Gasteiger charge is 2.28. The molecule has 3 rings (SSSR count). The number of likely N-dealkylation sites (tertiary alicyclic amines) is 1. The van der Waals surface area contributed by atoms with Crippen LogP contribution in [0.15, 0.2) is 6.07 Å². The largest absolute Gasteiger partial charge is 0.396 e. The van der Waals surface area contributed by atoms with Crippen LogP contribution in [0.4, 0.5) is 0 Å². The lowest BCUT2D eigenvalue weighted by Gasteiger charge is -2.15. The van der Waals surface area contributed by atoms with E-state index in [0.29, 0.717) is 5.92 Å². The third-order valence-electron chi connectivity index (χ3n) is 4.02. The number of aromatic nitrogens is 2. The monoisotopic (exact) mass is 293 g/mol. The number of fused-ring (bicyclic) bond motifs is 1. The fourth-order valence-corrected chi connectivity index (χ4v) is 3.99. The molecule has 0 radical (unpaired) electrons. The van der Waals surface area contributed by atoms with Crippen LogP contribution in [0.2, 0.25) is 0 Å². The summed E-state index contributed by atoms with van der Waals surface area (Å²) in [7, 11) is 1.91. The molecular formula is C14H19N3O2S. The van der Waals surface area contributed by atoms with E-state index in [0.717, 1.165) is 46.7 Å². The van der Waals surface area contributed by atoms with Gasteiger partial charge in [-0.15, -0.1) is 11.3 Å². The first-order valence-corrected chi connectivity index (χ1v) is 7.75. The predicted molar refractivity (Wildman–Crippen MR) is 79.0 cm³/mol. The van der Waals surface area contributed by atoms with Gasteiger partial charge in [0.1, 0.15) is 4.83 Å². The summed E-state index contributed by atoms with van der Waals surface area (Å²) in [6.45, 7) is 3.75. The van der Waals surface area contributed by atoms with Crippen LogP contribution in [0.5, 0.6) is 0 Å². The molecule has 20 heavy (non-hydrogen) atoms. The summed E-state index contributed by atoms with van der Waals surface area (Å²) in [5.74, 6) is 0.563. The number of hydrogen-bond donors (Lipinski definition) is 1. The minimum absolute atomic E-state index is 0.117. The average Bonchev–Trinajstić information content (AvgIpc) is 3.09. The molecule has 1 N–H and O–H groups in total. The van der Waals surface area contributed by atoms with E-state index < -0.39 is 0 Å². The standard InChI is InChI=1S/C14H19N3O2S/c1-9-11-7-12(20-14(11)16(2)15-9)13(19)17-5-3-10(8-17)4-6-18/h7,10,18H,3-6,8H2,1-2H3. The Morgan fingerprint density at radius 1 is 1.60 bits per heavy atom. The molecule has 1 aliphatic heterocycles. The van der Waals surface area contributed by atoms with Crippen LogP contribution in [0.1, 0.15) is 28.2 Å². The van der Waals surface area contributed by atoms with E-state index in [2.05, 4.69) is 5.10 Å². The smallest absolute Gasteiger partial charge is 0.264 e. The highest BCUT2D eigenvalue weighted by Crippen LogP contribution is 2.30. The van der Waals surface area contributed by atoms with Gasteiger partial charge in [-0.25, -0.2) is 0 Å². The number of aliphatic hydroxyl groups excluding tert-OH is 1. The Labute approximate surface area is 121 Å². The normalized spacial score (nSPS) is 19.1. The molecule has 0 spiro atoms. The van der Waals surface area contributed by atoms with Crippen LogP contribution >= 0.6 is 11.3 Å². The Morgan fingerprint density at radius 3 is 3.10 bits per heavy atom. The minimum atomic E-state index is 0.117. The maximum absolute atomic E-state index is 12.5. The molecule has 0 saturated carbocycles. The fraction of sp³-hybridized carbons (Fsp3) is 0.571. The van der Waals surface area contributed by atoms with E-state index in [1.54, 1.807) is 0 Å². The third kappa shape index (κ3) is 2.23. The maximum Gasteiger partial charge on any atom is 0.264 e. The summed E-state index contributed by atoms with van der Waals surface area (Å²) in [4.78, 5) is 16.3. The summed E-state index contributed by atoms with van der Waals surface area (Å²) < 4.78 is 1.84. The van der Waals surface area contributed by atoms with Crippen LogP contribution in [0.25, 0.3) is 10.2 Å². The summed E-state index contributed by atoms with van der Waals surface area (Å²) in [6.07, 6.45) is 1.79. The van der Waals surface area contributed by atoms with Crippen LogP contribution in [-0.2, 0) is 7.05 Å². The summed E-state index contributed by atoms with van der Waals surface area (Å²) in [6, 6.07) is 1.96. The molecule has 0 aromatic carbocycles. The van der Waals surface area contributed by atoms with Crippen molar-refractivity contribution in [3.8, 4) is 0 Å². The first-order chi connectivity index (χ1) is 9.60. The number of nitrogens with zero attached hydrogens (tertiary/aromatic N) is 3. The molecule has 2 aromatic rings. The molecule has 1 saturated heterocycles. The second kappa shape index (κ2) is 5.18. The van der Waals surface area contributed by atoms with Gasteiger partial charge >= 0.3 is 0 Å². The van der Waals surface area contributed by atoms with Gasteiger partial charge in [0.15, 0.2) is 0 Å². The zero-order valence-electron chi connectivity index (χ0n) is 11.8. The second-order valence-corrected chi connectivity index (χ2v) is 6.49. The number of amides is 1. The molecule has 108 valence electrons. The summed E-state index contributed by atoms with van der Waals surface area (Å²) in [5.41, 5.74) is 0.970. The van der Waals surface area contributed by atoms with Crippen molar-refractivity contribution in [2.24, 2.45) is 13.0 Å². The number of carbonyl (C=O) groups excluding carboxylic acids is 1. The first-order valence-electron chi connectivity index (χ1n) is 6.93. The van der Waals surface area contributed by atoms with Gasteiger partial charge in [-0.3, -0.25) is 9.48 Å². The number of aliphatic hydroxyl groups is 1. The van der Waals surface area contributed by atoms with Crippen LogP contribution in [0, 0.1) is 12.8 Å². The Hall–Kier alpha value is -1.40. The lowest BCUT2D eigenvalue weighted by molar-refractivity contribution is 0.0789. The Kier molecular flexibility index (Phi) is 3.52. The van der Waals surface area contributed by atoms with E-state index in [-0.39, 0.29) is 12.5 Å². The SMILES string of the molecule is Cc1nn(C)c2sc(C(=O)N3CCC(CCO)C3)cc12. The molecule has 3 heterocycles. The highest BCUT2D eigenvalue weighted by atomic mass is 32.1. The van der Waals surface area contributed by atoms with Crippen molar-refractivity contribution >= 4 is 27.5 Å². The number of carbonyl (C=O) groups is 1. The Bertz CT molecular complexity index is 612. The number of rotatable bonds is 3. The molecule has 1 fully saturated rings. The number of thiophene rings is 1. The number of aryl methyl sites for hydroxylation is 2. The topological polar surface area (TPSA) is 58.4 Å².